The standard InChI is InChI=1S/C15H15N5O.C15H17N5.C11H16.C6H10N4O/c1-10(2)20-9-18-12-13(16-8-17-14(12)20)19-15(21)11-6-4-3-5-7-11;1-11(2)20-10-19-13-14(17-9-18-15(13)20)16-8-12-6-4-3-5-7-12;1-9(2)8-11-6-4-10(3)5-7-11;1-4(2)10-3-8-6(9-10)5(7)11/h3-10H,1-2H3,(H,16,17,19,21);3-7,9-11H,8H2,1-2H3,(H,16,17,18);4-7,9H,8H2,1-3H3;3-4H,1-2H3,(H2,7,11). The number of nitrogens with zero attached hydrogens (tertiary/aromatic N) is 11. The Kier molecular flexibility index (Phi) is 16.7. The normalized spacial score (nSPS) is 10.9. The minimum absolute atomic E-state index is 0.0682. The number of amides is 2. The van der Waals surface area contributed by atoms with Crippen molar-refractivity contribution in [2.45, 2.75) is 93.4 Å². The fourth-order valence-corrected chi connectivity index (χ4v) is 6.06. The fraction of sp³-hybridized carbons (Fsp3) is 0.319. The highest BCUT2D eigenvalue weighted by atomic mass is 16.2. The molecule has 5 aromatic heterocycles. The van der Waals surface area contributed by atoms with Crippen LogP contribution in [0.5, 0.6) is 0 Å². The molecule has 5 heterocycles. The molecule has 3 aromatic carbocycles. The van der Waals surface area contributed by atoms with Gasteiger partial charge in [0.25, 0.3) is 11.8 Å². The van der Waals surface area contributed by atoms with Gasteiger partial charge in [0.1, 0.15) is 24.5 Å². The molecule has 63 heavy (non-hydrogen) atoms. The first-order valence-electron chi connectivity index (χ1n) is 21.0. The van der Waals surface area contributed by atoms with Gasteiger partial charge in [0.05, 0.1) is 12.7 Å². The second kappa shape index (κ2) is 22.5. The van der Waals surface area contributed by atoms with Gasteiger partial charge in [0.2, 0.25) is 5.82 Å². The van der Waals surface area contributed by atoms with Crippen LogP contribution < -0.4 is 16.4 Å². The number of nitrogens with two attached hydrogens (primary N) is 1. The number of hydrogen-bond acceptors (Lipinski definition) is 11. The largest absolute Gasteiger partial charge is 0.364 e. The number of hydrogen-bond donors (Lipinski definition) is 3. The van der Waals surface area contributed by atoms with Crippen molar-refractivity contribution in [3.8, 4) is 0 Å². The Morgan fingerprint density at radius 2 is 1.14 bits per heavy atom. The van der Waals surface area contributed by atoms with Crippen LogP contribution in [0.3, 0.4) is 0 Å². The summed E-state index contributed by atoms with van der Waals surface area (Å²) in [4.78, 5) is 52.2. The van der Waals surface area contributed by atoms with E-state index in [4.69, 9.17) is 5.73 Å². The molecular weight excluding hydrogens is 793 g/mol. The number of fused-ring (bicyclic) bond motifs is 2. The van der Waals surface area contributed by atoms with Gasteiger partial charge in [-0.1, -0.05) is 92.2 Å². The summed E-state index contributed by atoms with van der Waals surface area (Å²) in [6.07, 6.45) is 9.23. The Hall–Kier alpha value is -7.36. The number of imidazole rings is 2. The number of aryl methyl sites for hydroxylation is 1. The molecule has 8 rings (SSSR count). The first-order chi connectivity index (χ1) is 30.2. The number of nitrogens with one attached hydrogen (secondary N) is 2. The molecule has 16 heteroatoms. The van der Waals surface area contributed by atoms with Gasteiger partial charge < -0.3 is 25.5 Å². The Balaban J connectivity index is 0.000000166. The van der Waals surface area contributed by atoms with Crippen LogP contribution in [-0.2, 0) is 13.0 Å². The van der Waals surface area contributed by atoms with Gasteiger partial charge in [-0.2, -0.15) is 0 Å². The van der Waals surface area contributed by atoms with E-state index in [9.17, 15) is 9.59 Å². The van der Waals surface area contributed by atoms with Gasteiger partial charge >= 0.3 is 0 Å². The zero-order chi connectivity index (χ0) is 45.5. The Bertz CT molecular complexity index is 2650. The molecule has 0 atom stereocenters. The zero-order valence-corrected chi connectivity index (χ0v) is 37.5. The smallest absolute Gasteiger partial charge is 0.288 e. The molecule has 0 spiro atoms. The predicted octanol–water partition coefficient (Wildman–Crippen LogP) is 8.83. The fourth-order valence-electron chi connectivity index (χ4n) is 6.06. The lowest BCUT2D eigenvalue weighted by Gasteiger charge is -2.08. The van der Waals surface area contributed by atoms with Crippen LogP contribution in [0.1, 0.15) is 111 Å². The molecule has 0 bridgehead atoms. The molecule has 8 aromatic rings. The number of carbonyl (C=O) groups excluding carboxylic acids is 2. The van der Waals surface area contributed by atoms with Crippen molar-refractivity contribution in [2.75, 3.05) is 10.6 Å². The molecule has 16 nitrogen and oxygen atoms in total. The lowest BCUT2D eigenvalue weighted by Crippen LogP contribution is -2.14. The number of primary amides is 1. The van der Waals surface area contributed by atoms with Gasteiger partial charge in [-0.05, 0) is 84.1 Å². The van der Waals surface area contributed by atoms with E-state index in [-0.39, 0.29) is 23.8 Å². The first-order valence-corrected chi connectivity index (χ1v) is 21.0. The number of aromatic nitrogens is 11. The van der Waals surface area contributed by atoms with Crippen molar-refractivity contribution in [3.63, 3.8) is 0 Å². The Labute approximate surface area is 368 Å². The molecule has 328 valence electrons. The lowest BCUT2D eigenvalue weighted by atomic mass is 10.0. The van der Waals surface area contributed by atoms with Crippen molar-refractivity contribution in [2.24, 2.45) is 11.7 Å². The average Bonchev–Trinajstić information content (AvgIpc) is 4.05. The molecule has 4 N–H and O–H groups in total. The van der Waals surface area contributed by atoms with Crippen molar-refractivity contribution in [3.05, 3.63) is 145 Å². The van der Waals surface area contributed by atoms with E-state index in [1.54, 1.807) is 29.5 Å². The van der Waals surface area contributed by atoms with Gasteiger partial charge in [0.15, 0.2) is 28.4 Å². The third-order valence-corrected chi connectivity index (χ3v) is 9.42. The van der Waals surface area contributed by atoms with Crippen LogP contribution in [0.15, 0.2) is 117 Å². The second-order valence-electron chi connectivity index (χ2n) is 16.0. The third kappa shape index (κ3) is 13.3. The second-order valence-corrected chi connectivity index (χ2v) is 16.0. The highest BCUT2D eigenvalue weighted by molar-refractivity contribution is 6.06. The van der Waals surface area contributed by atoms with E-state index in [1.165, 1.54) is 35.8 Å². The van der Waals surface area contributed by atoms with Crippen molar-refractivity contribution < 1.29 is 9.59 Å². The average molecular weight is 851 g/mol. The summed E-state index contributed by atoms with van der Waals surface area (Å²) < 4.78 is 5.57. The lowest BCUT2D eigenvalue weighted by molar-refractivity contribution is 0.0988. The SMILES string of the molecule is CC(C)n1cnc(C(N)=O)n1.CC(C)n1cnc2c(NC(=O)c3ccccc3)ncnc21.CC(C)n1cnc2c(NCc3ccccc3)ncnc21.Cc1ccc(CC(C)C)cc1. The Morgan fingerprint density at radius 3 is 1.63 bits per heavy atom. The van der Waals surface area contributed by atoms with Crippen LogP contribution in [-0.4, -0.2) is 65.6 Å². The highest BCUT2D eigenvalue weighted by Gasteiger charge is 2.15. The van der Waals surface area contributed by atoms with Crippen LogP contribution >= 0.6 is 0 Å². The topological polar surface area (TPSA) is 202 Å². The predicted molar refractivity (Wildman–Crippen MR) is 248 cm³/mol. The highest BCUT2D eigenvalue weighted by Crippen LogP contribution is 2.22. The van der Waals surface area contributed by atoms with Gasteiger partial charge in [-0.15, -0.1) is 5.10 Å². The van der Waals surface area contributed by atoms with Crippen molar-refractivity contribution in [1.29, 1.82) is 0 Å². The number of carbonyl (C=O) groups is 2. The van der Waals surface area contributed by atoms with Gasteiger partial charge in [-0.25, -0.2) is 39.6 Å². The summed E-state index contributed by atoms with van der Waals surface area (Å²) >= 11 is 0. The molecule has 2 amide bonds. The maximum Gasteiger partial charge on any atom is 0.288 e. The molecule has 0 aliphatic rings. The van der Waals surface area contributed by atoms with Crippen LogP contribution in [0.4, 0.5) is 11.6 Å². The van der Waals surface area contributed by atoms with E-state index >= 15 is 0 Å². The maximum absolute atomic E-state index is 12.2. The molecular formula is C47H58N14O2. The van der Waals surface area contributed by atoms with Crippen LogP contribution in [0.25, 0.3) is 22.3 Å². The third-order valence-electron chi connectivity index (χ3n) is 9.42. The summed E-state index contributed by atoms with van der Waals surface area (Å²) in [5.74, 6) is 1.22. The van der Waals surface area contributed by atoms with Crippen molar-refractivity contribution >= 4 is 45.8 Å². The van der Waals surface area contributed by atoms with Gasteiger partial charge in [0, 0.05) is 30.2 Å². The minimum atomic E-state index is -0.593. The van der Waals surface area contributed by atoms with E-state index in [0.29, 0.717) is 28.6 Å². The van der Waals surface area contributed by atoms with E-state index in [0.717, 1.165) is 29.4 Å². The summed E-state index contributed by atoms with van der Waals surface area (Å²) in [6.45, 7) is 19.6. The van der Waals surface area contributed by atoms with Crippen LogP contribution in [0, 0.1) is 12.8 Å². The molecule has 0 radical (unpaired) electrons. The quantitative estimate of drug-likeness (QED) is 0.112. The molecule has 0 fully saturated rings. The number of anilines is 2. The summed E-state index contributed by atoms with van der Waals surface area (Å²) in [5.41, 5.74) is 12.5. The molecule has 0 saturated heterocycles. The minimum Gasteiger partial charge on any atom is -0.364 e. The molecule has 0 unspecified atom stereocenters. The van der Waals surface area contributed by atoms with E-state index < -0.39 is 5.91 Å². The van der Waals surface area contributed by atoms with Gasteiger partial charge in [-0.3, -0.25) is 9.59 Å². The summed E-state index contributed by atoms with van der Waals surface area (Å²) in [7, 11) is 0. The monoisotopic (exact) mass is 850 g/mol. The zero-order valence-electron chi connectivity index (χ0n) is 37.5. The molecule has 0 saturated carbocycles. The maximum atomic E-state index is 12.2. The molecule has 0 aliphatic heterocycles. The van der Waals surface area contributed by atoms with Crippen molar-refractivity contribution in [1.82, 2.24) is 53.8 Å². The Morgan fingerprint density at radius 1 is 0.603 bits per heavy atom. The molecule has 0 aliphatic carbocycles. The van der Waals surface area contributed by atoms with E-state index in [2.05, 4.69) is 122 Å². The first kappa shape index (κ1) is 46.7. The number of rotatable bonds is 11. The summed E-state index contributed by atoms with van der Waals surface area (Å²) in [6, 6.07) is 28.8. The summed E-state index contributed by atoms with van der Waals surface area (Å²) in [5, 5.41) is 9.96. The van der Waals surface area contributed by atoms with Crippen LogP contribution in [0.2, 0.25) is 0 Å². The van der Waals surface area contributed by atoms with E-state index in [1.807, 2.05) is 79.6 Å². The number of benzene rings is 3.